The van der Waals surface area contributed by atoms with Crippen molar-refractivity contribution in [3.05, 3.63) is 52.2 Å². The molecule has 1 saturated heterocycles. The highest BCUT2D eigenvalue weighted by molar-refractivity contribution is 7.12. The summed E-state index contributed by atoms with van der Waals surface area (Å²) in [6, 6.07) is 13.5. The van der Waals surface area contributed by atoms with Gasteiger partial charge in [0.2, 0.25) is 0 Å². The van der Waals surface area contributed by atoms with Gasteiger partial charge >= 0.3 is 0 Å². The number of piperazine rings is 1. The van der Waals surface area contributed by atoms with Crippen molar-refractivity contribution in [2.24, 2.45) is 0 Å². The van der Waals surface area contributed by atoms with E-state index in [0.717, 1.165) is 21.5 Å². The Kier molecular flexibility index (Phi) is 4.65. The van der Waals surface area contributed by atoms with Crippen LogP contribution in [-0.2, 0) is 0 Å². The van der Waals surface area contributed by atoms with Crippen LogP contribution in [0.4, 0.5) is 5.82 Å². The zero-order valence-corrected chi connectivity index (χ0v) is 15.7. The van der Waals surface area contributed by atoms with E-state index in [4.69, 9.17) is 9.72 Å². The average Bonchev–Trinajstić information content (AvgIpc) is 3.26. The molecule has 136 valence electrons. The third kappa shape index (κ3) is 3.32. The Morgan fingerprint density at radius 2 is 2.04 bits per heavy atom. The van der Waals surface area contributed by atoms with Gasteiger partial charge in [-0.2, -0.15) is 5.26 Å². The highest BCUT2D eigenvalue weighted by atomic mass is 32.1. The highest BCUT2D eigenvalue weighted by Crippen LogP contribution is 2.27. The highest BCUT2D eigenvalue weighted by Gasteiger charge is 2.25. The number of carbonyl (C=O) groups excluding carboxylic acids is 1. The molecule has 6 nitrogen and oxygen atoms in total. The molecule has 4 rings (SSSR count). The van der Waals surface area contributed by atoms with Crippen LogP contribution in [0.3, 0.4) is 0 Å². The number of hydrogen-bond donors (Lipinski definition) is 0. The van der Waals surface area contributed by atoms with Crippen molar-refractivity contribution in [1.29, 1.82) is 5.26 Å². The number of hydrogen-bond acceptors (Lipinski definition) is 6. The number of methoxy groups -OCH3 is 1. The van der Waals surface area contributed by atoms with Crippen LogP contribution < -0.4 is 9.64 Å². The van der Waals surface area contributed by atoms with Gasteiger partial charge in [0.05, 0.1) is 23.1 Å². The summed E-state index contributed by atoms with van der Waals surface area (Å²) in [5.74, 6) is 1.49. The number of rotatable bonds is 3. The molecule has 1 aromatic carbocycles. The van der Waals surface area contributed by atoms with Gasteiger partial charge in [-0.15, -0.1) is 11.3 Å². The molecule has 1 aliphatic heterocycles. The number of nitrogens with zero attached hydrogens (tertiary/aromatic N) is 4. The molecule has 0 spiro atoms. The van der Waals surface area contributed by atoms with Gasteiger partial charge in [0.15, 0.2) is 0 Å². The molecule has 27 heavy (non-hydrogen) atoms. The van der Waals surface area contributed by atoms with Gasteiger partial charge in [-0.3, -0.25) is 4.79 Å². The molecule has 1 fully saturated rings. The van der Waals surface area contributed by atoms with Crippen LogP contribution in [0.1, 0.15) is 15.2 Å². The van der Waals surface area contributed by atoms with Crippen molar-refractivity contribution in [1.82, 2.24) is 9.88 Å². The van der Waals surface area contributed by atoms with Crippen molar-refractivity contribution in [2.45, 2.75) is 0 Å². The van der Waals surface area contributed by atoms with Gasteiger partial charge in [-0.25, -0.2) is 4.98 Å². The SMILES string of the molecule is COc1ccc2nc(N3CCN(C(=O)c4cccs4)CC3)c(C#N)cc2c1. The molecule has 3 heterocycles. The van der Waals surface area contributed by atoms with Crippen molar-refractivity contribution >= 4 is 34.0 Å². The summed E-state index contributed by atoms with van der Waals surface area (Å²) >= 11 is 1.46. The second kappa shape index (κ2) is 7.25. The number of thiophene rings is 1. The van der Waals surface area contributed by atoms with E-state index >= 15 is 0 Å². The first kappa shape index (κ1) is 17.3. The van der Waals surface area contributed by atoms with Gasteiger partial charge in [0.1, 0.15) is 17.6 Å². The summed E-state index contributed by atoms with van der Waals surface area (Å²) in [4.78, 5) is 21.9. The molecular weight excluding hydrogens is 360 g/mol. The van der Waals surface area contributed by atoms with Crippen LogP contribution in [0.5, 0.6) is 5.75 Å². The van der Waals surface area contributed by atoms with Crippen LogP contribution in [0.15, 0.2) is 41.8 Å². The maximum Gasteiger partial charge on any atom is 0.264 e. The lowest BCUT2D eigenvalue weighted by Crippen LogP contribution is -2.49. The van der Waals surface area contributed by atoms with Crippen LogP contribution in [0, 0.1) is 11.3 Å². The van der Waals surface area contributed by atoms with E-state index in [1.54, 1.807) is 7.11 Å². The number of fused-ring (bicyclic) bond motifs is 1. The van der Waals surface area contributed by atoms with E-state index in [2.05, 4.69) is 11.0 Å². The molecule has 3 aromatic rings. The molecule has 0 bridgehead atoms. The molecule has 0 aliphatic carbocycles. The number of anilines is 1. The number of pyridine rings is 1. The maximum absolute atomic E-state index is 12.5. The fourth-order valence-corrected chi connectivity index (χ4v) is 3.96. The lowest BCUT2D eigenvalue weighted by Gasteiger charge is -2.35. The summed E-state index contributed by atoms with van der Waals surface area (Å²) < 4.78 is 5.25. The Morgan fingerprint density at radius 3 is 2.70 bits per heavy atom. The second-order valence-electron chi connectivity index (χ2n) is 6.29. The van der Waals surface area contributed by atoms with Crippen LogP contribution in [-0.4, -0.2) is 49.1 Å². The first-order chi connectivity index (χ1) is 13.2. The molecule has 2 aromatic heterocycles. The van der Waals surface area contributed by atoms with Crippen molar-refractivity contribution < 1.29 is 9.53 Å². The minimum absolute atomic E-state index is 0.0729. The zero-order chi connectivity index (χ0) is 18.8. The van der Waals surface area contributed by atoms with Crippen LogP contribution >= 0.6 is 11.3 Å². The monoisotopic (exact) mass is 378 g/mol. The Hall–Kier alpha value is -3.11. The van der Waals surface area contributed by atoms with E-state index < -0.39 is 0 Å². The van der Waals surface area contributed by atoms with Gasteiger partial charge in [0.25, 0.3) is 5.91 Å². The summed E-state index contributed by atoms with van der Waals surface area (Å²) in [6.45, 7) is 2.54. The molecule has 0 unspecified atom stereocenters. The normalized spacial score (nSPS) is 14.2. The summed E-state index contributed by atoms with van der Waals surface area (Å²) in [5.41, 5.74) is 1.36. The predicted octanol–water partition coefficient (Wildman–Crippen LogP) is 3.14. The predicted molar refractivity (Wildman–Crippen MR) is 105 cm³/mol. The quantitative estimate of drug-likeness (QED) is 0.700. The van der Waals surface area contributed by atoms with Crippen molar-refractivity contribution in [2.75, 3.05) is 38.2 Å². The first-order valence-electron chi connectivity index (χ1n) is 8.66. The number of ether oxygens (including phenoxy) is 1. The fourth-order valence-electron chi connectivity index (χ4n) is 3.27. The van der Waals surface area contributed by atoms with E-state index in [-0.39, 0.29) is 5.91 Å². The van der Waals surface area contributed by atoms with Crippen LogP contribution in [0.2, 0.25) is 0 Å². The summed E-state index contributed by atoms with van der Waals surface area (Å²) in [7, 11) is 1.62. The molecule has 0 atom stereocenters. The Labute approximate surface area is 161 Å². The first-order valence-corrected chi connectivity index (χ1v) is 9.54. The number of carbonyl (C=O) groups is 1. The van der Waals surface area contributed by atoms with Gasteiger partial charge in [-0.1, -0.05) is 6.07 Å². The number of benzene rings is 1. The lowest BCUT2D eigenvalue weighted by molar-refractivity contribution is 0.0751. The molecule has 0 saturated carbocycles. The Morgan fingerprint density at radius 1 is 1.22 bits per heavy atom. The van der Waals surface area contributed by atoms with Crippen LogP contribution in [0.25, 0.3) is 10.9 Å². The fraction of sp³-hybridized carbons (Fsp3) is 0.250. The standard InChI is InChI=1S/C20H18N4O2S/c1-26-16-4-5-17-14(12-16)11-15(13-21)19(22-17)23-6-8-24(9-7-23)20(25)18-3-2-10-27-18/h2-5,10-12H,6-9H2,1H3. The third-order valence-electron chi connectivity index (χ3n) is 4.72. The lowest BCUT2D eigenvalue weighted by atomic mass is 10.1. The van der Waals surface area contributed by atoms with Gasteiger partial charge in [0, 0.05) is 31.6 Å². The molecular formula is C20H18N4O2S. The Bertz CT molecular complexity index is 1020. The second-order valence-corrected chi connectivity index (χ2v) is 7.23. The van der Waals surface area contributed by atoms with E-state index in [1.165, 1.54) is 11.3 Å². The Balaban J connectivity index is 1.56. The van der Waals surface area contributed by atoms with Crippen molar-refractivity contribution in [3.63, 3.8) is 0 Å². The van der Waals surface area contributed by atoms with Gasteiger partial charge in [-0.05, 0) is 35.7 Å². The minimum atomic E-state index is 0.0729. The summed E-state index contributed by atoms with van der Waals surface area (Å²) in [5, 5.41) is 12.4. The minimum Gasteiger partial charge on any atom is -0.497 e. The maximum atomic E-state index is 12.5. The van der Waals surface area contributed by atoms with Crippen molar-refractivity contribution in [3.8, 4) is 11.8 Å². The molecule has 0 N–H and O–H groups in total. The number of nitriles is 1. The molecule has 1 amide bonds. The molecule has 1 aliphatic rings. The topological polar surface area (TPSA) is 69.5 Å². The molecule has 0 radical (unpaired) electrons. The zero-order valence-electron chi connectivity index (χ0n) is 14.9. The number of aromatic nitrogens is 1. The van der Waals surface area contributed by atoms with E-state index in [0.29, 0.717) is 37.6 Å². The molecule has 7 heteroatoms. The third-order valence-corrected chi connectivity index (χ3v) is 5.58. The largest absolute Gasteiger partial charge is 0.497 e. The van der Waals surface area contributed by atoms with Gasteiger partial charge < -0.3 is 14.5 Å². The van der Waals surface area contributed by atoms with E-state index in [1.807, 2.05) is 46.7 Å². The smallest absolute Gasteiger partial charge is 0.264 e. The van der Waals surface area contributed by atoms with E-state index in [9.17, 15) is 10.1 Å². The average molecular weight is 378 g/mol. The number of amides is 1. The summed E-state index contributed by atoms with van der Waals surface area (Å²) in [6.07, 6.45) is 0.